The number of amides is 1. The van der Waals surface area contributed by atoms with Crippen LogP contribution in [0.1, 0.15) is 31.7 Å². The minimum Gasteiger partial charge on any atom is -0.352 e. The molecule has 1 aliphatic carbocycles. The summed E-state index contributed by atoms with van der Waals surface area (Å²) in [6.45, 7) is 3.64. The Bertz CT molecular complexity index is 453. The molecule has 1 saturated carbocycles. The molecule has 0 spiro atoms. The Morgan fingerprint density at radius 3 is 2.74 bits per heavy atom. The lowest BCUT2D eigenvalue weighted by molar-refractivity contribution is -0.125. The number of halogens is 2. The minimum atomic E-state index is -0.228. The molecule has 1 aliphatic rings. The van der Waals surface area contributed by atoms with Gasteiger partial charge in [0.2, 0.25) is 5.91 Å². The van der Waals surface area contributed by atoms with E-state index in [4.69, 9.17) is 5.73 Å². The lowest BCUT2D eigenvalue weighted by Crippen LogP contribution is -2.39. The first-order valence-electron chi connectivity index (χ1n) is 6.30. The van der Waals surface area contributed by atoms with Gasteiger partial charge in [0, 0.05) is 23.9 Å². The Balaban J connectivity index is 0.00000180. The zero-order chi connectivity index (χ0) is 13.3. The summed E-state index contributed by atoms with van der Waals surface area (Å²) in [6, 6.07) is 6.53. The predicted octanol–water partition coefficient (Wildman–Crippen LogP) is 2.20. The number of benzene rings is 1. The van der Waals surface area contributed by atoms with Crippen molar-refractivity contribution in [2.45, 2.75) is 38.3 Å². The van der Waals surface area contributed by atoms with E-state index in [1.165, 1.54) is 12.1 Å². The van der Waals surface area contributed by atoms with Crippen LogP contribution in [0.4, 0.5) is 4.39 Å². The molecule has 0 aromatic heterocycles. The molecule has 19 heavy (non-hydrogen) atoms. The predicted molar refractivity (Wildman–Crippen MR) is 75.8 cm³/mol. The number of hydrogen-bond donors (Lipinski definition) is 2. The van der Waals surface area contributed by atoms with E-state index in [2.05, 4.69) is 5.32 Å². The van der Waals surface area contributed by atoms with E-state index < -0.39 is 0 Å². The number of nitrogens with two attached hydrogens (primary N) is 1. The topological polar surface area (TPSA) is 55.1 Å². The van der Waals surface area contributed by atoms with E-state index in [0.717, 1.165) is 12.0 Å². The van der Waals surface area contributed by atoms with Gasteiger partial charge >= 0.3 is 0 Å². The highest BCUT2D eigenvalue weighted by molar-refractivity contribution is 5.85. The molecule has 1 fully saturated rings. The van der Waals surface area contributed by atoms with Crippen molar-refractivity contribution in [2.75, 3.05) is 0 Å². The van der Waals surface area contributed by atoms with Gasteiger partial charge < -0.3 is 11.1 Å². The third-order valence-corrected chi connectivity index (χ3v) is 3.60. The van der Waals surface area contributed by atoms with E-state index in [1.54, 1.807) is 6.07 Å². The molecule has 1 amide bonds. The van der Waals surface area contributed by atoms with Crippen LogP contribution < -0.4 is 11.1 Å². The zero-order valence-corrected chi connectivity index (χ0v) is 11.9. The second kappa shape index (κ2) is 6.35. The van der Waals surface area contributed by atoms with Crippen molar-refractivity contribution < 1.29 is 9.18 Å². The van der Waals surface area contributed by atoms with Crippen LogP contribution in [-0.2, 0) is 4.79 Å². The van der Waals surface area contributed by atoms with Gasteiger partial charge in [-0.15, -0.1) is 12.4 Å². The molecule has 0 radical (unpaired) electrons. The maximum Gasteiger partial charge on any atom is 0.224 e. The molecule has 0 bridgehead atoms. The normalized spacial score (nSPS) is 24.0. The van der Waals surface area contributed by atoms with Crippen LogP contribution in [-0.4, -0.2) is 18.0 Å². The minimum absolute atomic E-state index is 0. The van der Waals surface area contributed by atoms with Crippen LogP contribution in [0.3, 0.4) is 0 Å². The number of carbonyl (C=O) groups excluding carboxylic acids is 1. The summed E-state index contributed by atoms with van der Waals surface area (Å²) >= 11 is 0. The van der Waals surface area contributed by atoms with Gasteiger partial charge in [-0.05, 0) is 31.0 Å². The fourth-order valence-electron chi connectivity index (χ4n) is 2.01. The summed E-state index contributed by atoms with van der Waals surface area (Å²) in [5.41, 5.74) is 6.64. The van der Waals surface area contributed by atoms with Crippen molar-refractivity contribution in [1.82, 2.24) is 5.32 Å². The molecule has 2 rings (SSSR count). The molecule has 5 heteroatoms. The molecule has 0 aliphatic heterocycles. The second-order valence-electron chi connectivity index (χ2n) is 5.16. The van der Waals surface area contributed by atoms with Gasteiger partial charge in [0.25, 0.3) is 0 Å². The number of rotatable bonds is 4. The molecule has 1 aromatic carbocycles. The molecule has 4 atom stereocenters. The van der Waals surface area contributed by atoms with Gasteiger partial charge in [0.1, 0.15) is 5.82 Å². The average Bonchev–Trinajstić information content (AvgIpc) is 3.07. The quantitative estimate of drug-likeness (QED) is 0.891. The van der Waals surface area contributed by atoms with E-state index >= 15 is 0 Å². The fraction of sp³-hybridized carbons (Fsp3) is 0.500. The smallest absolute Gasteiger partial charge is 0.224 e. The summed E-state index contributed by atoms with van der Waals surface area (Å²) < 4.78 is 13.1. The van der Waals surface area contributed by atoms with Gasteiger partial charge in [0.05, 0.1) is 0 Å². The van der Waals surface area contributed by atoms with Gasteiger partial charge in [-0.1, -0.05) is 19.1 Å². The van der Waals surface area contributed by atoms with Crippen LogP contribution in [0.5, 0.6) is 0 Å². The van der Waals surface area contributed by atoms with Crippen LogP contribution in [0.2, 0.25) is 0 Å². The standard InChI is InChI=1S/C14H19FN2O.ClH/c1-8(9(2)16)14(18)17-13-7-12(13)10-4-3-5-11(15)6-10;/h3-6,8-9,12-13H,7,16H2,1-2H3,(H,17,18);1H. The van der Waals surface area contributed by atoms with Gasteiger partial charge in [0.15, 0.2) is 0 Å². The highest BCUT2D eigenvalue weighted by atomic mass is 35.5. The third kappa shape index (κ3) is 3.91. The van der Waals surface area contributed by atoms with Crippen molar-refractivity contribution in [1.29, 1.82) is 0 Å². The average molecular weight is 287 g/mol. The van der Waals surface area contributed by atoms with Crippen molar-refractivity contribution in [2.24, 2.45) is 11.7 Å². The Morgan fingerprint density at radius 2 is 2.16 bits per heavy atom. The van der Waals surface area contributed by atoms with Crippen LogP contribution in [0, 0.1) is 11.7 Å². The largest absolute Gasteiger partial charge is 0.352 e. The van der Waals surface area contributed by atoms with Crippen LogP contribution in [0.25, 0.3) is 0 Å². The van der Waals surface area contributed by atoms with E-state index in [9.17, 15) is 9.18 Å². The fourth-order valence-corrected chi connectivity index (χ4v) is 2.01. The molecular weight excluding hydrogens is 267 g/mol. The Labute approximate surface area is 119 Å². The third-order valence-electron chi connectivity index (χ3n) is 3.60. The first-order valence-corrected chi connectivity index (χ1v) is 6.30. The highest BCUT2D eigenvalue weighted by Gasteiger charge is 2.40. The molecule has 4 unspecified atom stereocenters. The molecule has 1 aromatic rings. The molecule has 0 saturated heterocycles. The van der Waals surface area contributed by atoms with E-state index in [-0.39, 0.29) is 48.1 Å². The summed E-state index contributed by atoms with van der Waals surface area (Å²) in [5, 5.41) is 2.96. The van der Waals surface area contributed by atoms with Crippen molar-refractivity contribution in [3.05, 3.63) is 35.6 Å². The summed E-state index contributed by atoms with van der Waals surface area (Å²) in [5.74, 6) is -0.203. The van der Waals surface area contributed by atoms with Crippen molar-refractivity contribution in [3.63, 3.8) is 0 Å². The molecule has 106 valence electrons. The summed E-state index contributed by atoms with van der Waals surface area (Å²) in [4.78, 5) is 11.8. The first kappa shape index (κ1) is 15.9. The van der Waals surface area contributed by atoms with Crippen molar-refractivity contribution >= 4 is 18.3 Å². The monoisotopic (exact) mass is 286 g/mol. The lowest BCUT2D eigenvalue weighted by Gasteiger charge is -2.15. The number of nitrogens with one attached hydrogen (secondary N) is 1. The summed E-state index contributed by atoms with van der Waals surface area (Å²) in [7, 11) is 0. The zero-order valence-electron chi connectivity index (χ0n) is 11.1. The lowest BCUT2D eigenvalue weighted by atomic mass is 10.0. The van der Waals surface area contributed by atoms with Crippen LogP contribution >= 0.6 is 12.4 Å². The van der Waals surface area contributed by atoms with E-state index in [0.29, 0.717) is 0 Å². The van der Waals surface area contributed by atoms with Crippen LogP contribution in [0.15, 0.2) is 24.3 Å². The van der Waals surface area contributed by atoms with Gasteiger partial charge in [-0.25, -0.2) is 4.39 Å². The summed E-state index contributed by atoms with van der Waals surface area (Å²) in [6.07, 6.45) is 0.876. The Hall–Kier alpha value is -1.13. The number of carbonyl (C=O) groups is 1. The highest BCUT2D eigenvalue weighted by Crippen LogP contribution is 2.41. The Kier molecular flexibility index (Phi) is 5.32. The molecule has 3 N–H and O–H groups in total. The SMILES string of the molecule is CC(N)C(C)C(=O)NC1CC1c1cccc(F)c1.Cl. The maximum atomic E-state index is 13.1. The maximum absolute atomic E-state index is 13.1. The van der Waals surface area contributed by atoms with Gasteiger partial charge in [-0.2, -0.15) is 0 Å². The Morgan fingerprint density at radius 1 is 1.47 bits per heavy atom. The molecule has 3 nitrogen and oxygen atoms in total. The molecule has 0 heterocycles. The van der Waals surface area contributed by atoms with Crippen molar-refractivity contribution in [3.8, 4) is 0 Å². The van der Waals surface area contributed by atoms with E-state index in [1.807, 2.05) is 19.9 Å². The van der Waals surface area contributed by atoms with Gasteiger partial charge in [-0.3, -0.25) is 4.79 Å². The second-order valence-corrected chi connectivity index (χ2v) is 5.16. The first-order chi connectivity index (χ1) is 8.49. The number of hydrogen-bond acceptors (Lipinski definition) is 2. The molecular formula is C14H20ClFN2O.